The summed E-state index contributed by atoms with van der Waals surface area (Å²) in [5.41, 5.74) is 1.44. The van der Waals surface area contributed by atoms with Gasteiger partial charge in [0.05, 0.1) is 17.9 Å². The highest BCUT2D eigenvalue weighted by Gasteiger charge is 2.21. The number of imidazole rings is 1. The zero-order valence-corrected chi connectivity index (χ0v) is 18.5. The van der Waals surface area contributed by atoms with Crippen molar-refractivity contribution in [2.75, 3.05) is 27.6 Å². The van der Waals surface area contributed by atoms with E-state index in [1.807, 2.05) is 0 Å². The lowest BCUT2D eigenvalue weighted by Gasteiger charge is -2.17. The number of rotatable bonds is 10. The molecule has 0 fully saturated rings. The van der Waals surface area contributed by atoms with E-state index in [0.717, 1.165) is 5.69 Å². The van der Waals surface area contributed by atoms with Gasteiger partial charge in [0.1, 0.15) is 15.9 Å². The summed E-state index contributed by atoms with van der Waals surface area (Å²) >= 11 is 6.86. The van der Waals surface area contributed by atoms with Crippen molar-refractivity contribution in [2.45, 2.75) is 12.8 Å². The summed E-state index contributed by atoms with van der Waals surface area (Å²) in [6.45, 7) is 0.363. The number of oxime groups is 1. The van der Waals surface area contributed by atoms with Gasteiger partial charge in [-0.1, -0.05) is 5.16 Å². The smallest absolute Gasteiger partial charge is 0.269 e. The first-order valence-electron chi connectivity index (χ1n) is 8.14. The highest BCUT2D eigenvalue weighted by molar-refractivity contribution is 9.11. The summed E-state index contributed by atoms with van der Waals surface area (Å²) in [5.74, 6) is 0.470. The van der Waals surface area contributed by atoms with E-state index in [0.29, 0.717) is 39.0 Å². The number of halogens is 2. The number of carbonyl (C=O) groups is 1. The highest BCUT2D eigenvalue weighted by Crippen LogP contribution is 2.43. The van der Waals surface area contributed by atoms with E-state index < -0.39 is 5.91 Å². The number of H-pyrrole nitrogens is 1. The minimum atomic E-state index is -0.484. The van der Waals surface area contributed by atoms with E-state index in [-0.39, 0.29) is 18.9 Å². The number of aromatic amines is 1. The van der Waals surface area contributed by atoms with Crippen molar-refractivity contribution in [2.24, 2.45) is 5.16 Å². The Bertz CT molecular complexity index is 827. The minimum Gasteiger partial charge on any atom is -0.494 e. The molecule has 0 aliphatic heterocycles. The van der Waals surface area contributed by atoms with Crippen molar-refractivity contribution >= 4 is 43.5 Å². The molecule has 1 amide bonds. The number of carbonyl (C=O) groups excluding carboxylic acids is 1. The van der Waals surface area contributed by atoms with Gasteiger partial charge in [-0.3, -0.25) is 4.79 Å². The molecule has 1 aromatic heterocycles. The predicted molar refractivity (Wildman–Crippen MR) is 109 cm³/mol. The molecular formula is C17H20Br2N4O5. The fourth-order valence-corrected chi connectivity index (χ4v) is 4.05. The fourth-order valence-electron chi connectivity index (χ4n) is 2.40. The predicted octanol–water partition coefficient (Wildman–Crippen LogP) is 2.66. The van der Waals surface area contributed by atoms with Gasteiger partial charge in [0.2, 0.25) is 0 Å². The largest absolute Gasteiger partial charge is 0.494 e. The number of nitrogens with one attached hydrogen (secondary N) is 2. The van der Waals surface area contributed by atoms with Crippen molar-refractivity contribution in [1.29, 1.82) is 0 Å². The van der Waals surface area contributed by atoms with E-state index in [4.69, 9.17) is 14.2 Å². The number of methoxy groups -OCH3 is 2. The summed E-state index contributed by atoms with van der Waals surface area (Å²) < 4.78 is 17.1. The molecule has 0 radical (unpaired) electrons. The molecule has 0 aliphatic carbocycles. The molecule has 0 saturated carbocycles. The van der Waals surface area contributed by atoms with Crippen LogP contribution in [0.15, 0.2) is 32.7 Å². The van der Waals surface area contributed by atoms with Gasteiger partial charge in [-0.05, 0) is 37.9 Å². The Morgan fingerprint density at radius 3 is 2.75 bits per heavy atom. The summed E-state index contributed by atoms with van der Waals surface area (Å²) in [6, 6.07) is 1.73. The van der Waals surface area contributed by atoms with Crippen LogP contribution in [0.25, 0.3) is 0 Å². The second-order valence-electron chi connectivity index (χ2n) is 5.55. The molecule has 0 unspecified atom stereocenters. The average Bonchev–Trinajstić information content (AvgIpc) is 3.19. The minimum absolute atomic E-state index is 0.00162. The van der Waals surface area contributed by atoms with Crippen molar-refractivity contribution in [3.63, 3.8) is 0 Å². The molecule has 1 aromatic carbocycles. The van der Waals surface area contributed by atoms with Gasteiger partial charge in [0.25, 0.3) is 5.91 Å². The Kier molecular flexibility index (Phi) is 8.74. The normalized spacial score (nSPS) is 11.4. The lowest BCUT2D eigenvalue weighted by atomic mass is 10.1. The SMILES string of the molecule is COCOc1c(C/C(=N\O)C(=O)NCCc2cnc[nH]2)cc(Br)c(OC)c1Br. The Labute approximate surface area is 178 Å². The molecule has 1 heterocycles. The van der Waals surface area contributed by atoms with E-state index in [1.165, 1.54) is 14.2 Å². The number of hydrogen-bond acceptors (Lipinski definition) is 7. The average molecular weight is 520 g/mol. The van der Waals surface area contributed by atoms with Crippen LogP contribution in [0.2, 0.25) is 0 Å². The van der Waals surface area contributed by atoms with Gasteiger partial charge in [-0.25, -0.2) is 4.98 Å². The Morgan fingerprint density at radius 2 is 2.14 bits per heavy atom. The Hall–Kier alpha value is -2.11. The van der Waals surface area contributed by atoms with Gasteiger partial charge < -0.3 is 29.7 Å². The Balaban J connectivity index is 2.14. The number of aromatic nitrogens is 2. The maximum Gasteiger partial charge on any atom is 0.269 e. The molecule has 0 atom stereocenters. The molecular weight excluding hydrogens is 500 g/mol. The summed E-state index contributed by atoms with van der Waals surface area (Å²) in [4.78, 5) is 19.3. The van der Waals surface area contributed by atoms with Crippen molar-refractivity contribution < 1.29 is 24.2 Å². The zero-order chi connectivity index (χ0) is 20.5. The standard InChI is InChI=1S/C17H20Br2N4O5/c1-26-9-28-15-10(5-12(18)16(27-2)14(15)19)6-13(23-25)17(24)21-4-3-11-7-20-8-22-11/h5,7-8,25H,3-4,6,9H2,1-2H3,(H,20,22)(H,21,24)/b23-13+. The summed E-state index contributed by atoms with van der Waals surface area (Å²) in [7, 11) is 3.02. The first-order chi connectivity index (χ1) is 13.5. The molecule has 152 valence electrons. The molecule has 0 aliphatic rings. The lowest BCUT2D eigenvalue weighted by molar-refractivity contribution is -0.115. The van der Waals surface area contributed by atoms with Crippen LogP contribution in [0, 0.1) is 0 Å². The third-order valence-electron chi connectivity index (χ3n) is 3.71. The molecule has 0 bridgehead atoms. The number of nitrogens with zero attached hydrogens (tertiary/aromatic N) is 2. The Morgan fingerprint density at radius 1 is 1.36 bits per heavy atom. The van der Waals surface area contributed by atoms with Gasteiger partial charge in [0.15, 0.2) is 12.5 Å². The summed E-state index contributed by atoms with van der Waals surface area (Å²) in [6.07, 6.45) is 3.86. The highest BCUT2D eigenvalue weighted by atomic mass is 79.9. The van der Waals surface area contributed by atoms with Crippen LogP contribution in [0.4, 0.5) is 0 Å². The first kappa shape index (κ1) is 22.2. The second kappa shape index (κ2) is 11.0. The third-order valence-corrected chi connectivity index (χ3v) is 5.02. The monoisotopic (exact) mass is 518 g/mol. The third kappa shape index (κ3) is 5.69. The van der Waals surface area contributed by atoms with Gasteiger partial charge in [-0.2, -0.15) is 0 Å². The fraction of sp³-hybridized carbons (Fsp3) is 0.353. The van der Waals surface area contributed by atoms with Gasteiger partial charge in [-0.15, -0.1) is 0 Å². The number of ether oxygens (including phenoxy) is 3. The van der Waals surface area contributed by atoms with Crippen LogP contribution < -0.4 is 14.8 Å². The number of benzene rings is 1. The van der Waals surface area contributed by atoms with E-state index in [2.05, 4.69) is 52.3 Å². The molecule has 3 N–H and O–H groups in total. The van der Waals surface area contributed by atoms with Crippen molar-refractivity contribution in [3.05, 3.63) is 38.8 Å². The van der Waals surface area contributed by atoms with E-state index >= 15 is 0 Å². The quantitative estimate of drug-likeness (QED) is 0.192. The van der Waals surface area contributed by atoms with Crippen molar-refractivity contribution in [1.82, 2.24) is 15.3 Å². The van der Waals surface area contributed by atoms with Crippen LogP contribution >= 0.6 is 31.9 Å². The van der Waals surface area contributed by atoms with Crippen LogP contribution in [0.3, 0.4) is 0 Å². The maximum absolute atomic E-state index is 12.4. The molecule has 9 nitrogen and oxygen atoms in total. The molecule has 0 saturated heterocycles. The van der Waals surface area contributed by atoms with E-state index in [1.54, 1.807) is 18.6 Å². The number of hydrogen-bond donors (Lipinski definition) is 3. The van der Waals surface area contributed by atoms with Gasteiger partial charge >= 0.3 is 0 Å². The van der Waals surface area contributed by atoms with Crippen LogP contribution in [-0.2, 0) is 22.4 Å². The van der Waals surface area contributed by atoms with Crippen molar-refractivity contribution in [3.8, 4) is 11.5 Å². The summed E-state index contributed by atoms with van der Waals surface area (Å²) in [5, 5.41) is 15.2. The first-order valence-corrected chi connectivity index (χ1v) is 9.73. The second-order valence-corrected chi connectivity index (χ2v) is 7.20. The van der Waals surface area contributed by atoms with Gasteiger partial charge in [0, 0.05) is 44.0 Å². The van der Waals surface area contributed by atoms with E-state index in [9.17, 15) is 10.0 Å². The molecule has 2 aromatic rings. The lowest BCUT2D eigenvalue weighted by Crippen LogP contribution is -2.34. The number of amides is 1. The molecule has 0 spiro atoms. The zero-order valence-electron chi connectivity index (χ0n) is 15.3. The van der Waals surface area contributed by atoms with Crippen LogP contribution in [0.5, 0.6) is 11.5 Å². The molecule has 28 heavy (non-hydrogen) atoms. The van der Waals surface area contributed by atoms with Crippen LogP contribution in [-0.4, -0.2) is 54.4 Å². The molecule has 11 heteroatoms. The maximum atomic E-state index is 12.4. The molecule has 2 rings (SSSR count). The topological polar surface area (TPSA) is 118 Å². The van der Waals surface area contributed by atoms with Crippen LogP contribution in [0.1, 0.15) is 11.3 Å².